The maximum absolute atomic E-state index is 11.6. The fraction of sp³-hybridized carbons (Fsp3) is 0.400. The molecule has 1 saturated heterocycles. The minimum absolute atomic E-state index is 0.154. The van der Waals surface area contributed by atoms with Crippen molar-refractivity contribution in [2.24, 2.45) is 0 Å². The van der Waals surface area contributed by atoms with E-state index >= 15 is 0 Å². The average Bonchev–Trinajstić information content (AvgIpc) is 2.70. The summed E-state index contributed by atoms with van der Waals surface area (Å²) in [5, 5.41) is 0.472. The molecule has 1 aliphatic rings. The Morgan fingerprint density at radius 3 is 3.20 bits per heavy atom. The van der Waals surface area contributed by atoms with Crippen LogP contribution in [-0.2, 0) is 9.47 Å². The molecule has 0 spiro atoms. The second-order valence-electron chi connectivity index (χ2n) is 3.25. The van der Waals surface area contributed by atoms with Gasteiger partial charge in [-0.2, -0.15) is 0 Å². The zero-order valence-electron chi connectivity index (χ0n) is 7.98. The SMILES string of the molecule is O=C(OC1CCOC1)c1cc(Cl)ccn1. The van der Waals surface area contributed by atoms with Crippen LogP contribution in [0.1, 0.15) is 16.9 Å². The predicted octanol–water partition coefficient (Wildman–Crippen LogP) is 1.68. The van der Waals surface area contributed by atoms with Gasteiger partial charge in [0.05, 0.1) is 13.2 Å². The number of halogens is 1. The molecular weight excluding hydrogens is 218 g/mol. The van der Waals surface area contributed by atoms with E-state index in [1.54, 1.807) is 6.07 Å². The van der Waals surface area contributed by atoms with Crippen molar-refractivity contribution < 1.29 is 14.3 Å². The van der Waals surface area contributed by atoms with E-state index in [4.69, 9.17) is 21.1 Å². The third kappa shape index (κ3) is 2.67. The number of ether oxygens (including phenoxy) is 2. The second-order valence-corrected chi connectivity index (χ2v) is 3.69. The Kier molecular flexibility index (Phi) is 3.18. The Morgan fingerprint density at radius 2 is 2.53 bits per heavy atom. The van der Waals surface area contributed by atoms with Gasteiger partial charge >= 0.3 is 5.97 Å². The van der Waals surface area contributed by atoms with Crippen LogP contribution in [0.4, 0.5) is 0 Å². The lowest BCUT2D eigenvalue weighted by atomic mass is 10.3. The van der Waals surface area contributed by atoms with Crippen LogP contribution in [0.15, 0.2) is 18.3 Å². The van der Waals surface area contributed by atoms with Crippen LogP contribution < -0.4 is 0 Å². The number of hydrogen-bond acceptors (Lipinski definition) is 4. The van der Waals surface area contributed by atoms with Gasteiger partial charge in [-0.3, -0.25) is 0 Å². The van der Waals surface area contributed by atoms with Gasteiger partial charge < -0.3 is 9.47 Å². The minimum atomic E-state index is -0.451. The first-order valence-corrected chi connectivity index (χ1v) is 5.04. The molecule has 0 radical (unpaired) electrons. The quantitative estimate of drug-likeness (QED) is 0.722. The lowest BCUT2D eigenvalue weighted by molar-refractivity contribution is 0.0264. The van der Waals surface area contributed by atoms with Crippen molar-refractivity contribution in [3.63, 3.8) is 0 Å². The number of hydrogen-bond donors (Lipinski definition) is 0. The molecular formula is C10H10ClNO3. The highest BCUT2D eigenvalue weighted by atomic mass is 35.5. The molecule has 0 saturated carbocycles. The lowest BCUT2D eigenvalue weighted by Gasteiger charge is -2.09. The molecule has 1 aliphatic heterocycles. The second kappa shape index (κ2) is 4.59. The number of pyridine rings is 1. The Labute approximate surface area is 92.2 Å². The molecule has 0 amide bonds. The van der Waals surface area contributed by atoms with Crippen LogP contribution in [0.3, 0.4) is 0 Å². The van der Waals surface area contributed by atoms with E-state index in [0.717, 1.165) is 6.42 Å². The maximum atomic E-state index is 11.6. The summed E-state index contributed by atoms with van der Waals surface area (Å²) < 4.78 is 10.3. The third-order valence-corrected chi connectivity index (χ3v) is 2.33. The highest BCUT2D eigenvalue weighted by molar-refractivity contribution is 6.30. The van der Waals surface area contributed by atoms with Gasteiger partial charge in [0.1, 0.15) is 11.8 Å². The number of carbonyl (C=O) groups is 1. The lowest BCUT2D eigenvalue weighted by Crippen LogP contribution is -2.18. The first-order valence-electron chi connectivity index (χ1n) is 4.66. The highest BCUT2D eigenvalue weighted by Gasteiger charge is 2.21. The smallest absolute Gasteiger partial charge is 0.357 e. The molecule has 0 N–H and O–H groups in total. The number of nitrogens with zero attached hydrogens (tertiary/aromatic N) is 1. The molecule has 2 rings (SSSR count). The number of aromatic nitrogens is 1. The number of esters is 1. The Balaban J connectivity index is 2.01. The van der Waals surface area contributed by atoms with Gasteiger partial charge in [-0.1, -0.05) is 11.6 Å². The van der Waals surface area contributed by atoms with Crippen molar-refractivity contribution in [1.82, 2.24) is 4.98 Å². The summed E-state index contributed by atoms with van der Waals surface area (Å²) in [5.74, 6) is -0.451. The summed E-state index contributed by atoms with van der Waals surface area (Å²) >= 11 is 5.73. The van der Waals surface area contributed by atoms with Crippen LogP contribution in [0.5, 0.6) is 0 Å². The standard InChI is InChI=1S/C10H10ClNO3/c11-7-1-3-12-9(5-7)10(13)15-8-2-4-14-6-8/h1,3,5,8H,2,4,6H2. The van der Waals surface area contributed by atoms with E-state index < -0.39 is 5.97 Å². The summed E-state index contributed by atoms with van der Waals surface area (Å²) in [6, 6.07) is 3.09. The van der Waals surface area contributed by atoms with Crippen LogP contribution >= 0.6 is 11.6 Å². The third-order valence-electron chi connectivity index (χ3n) is 2.09. The number of carbonyl (C=O) groups excluding carboxylic acids is 1. The molecule has 1 unspecified atom stereocenters. The fourth-order valence-corrected chi connectivity index (χ4v) is 1.49. The molecule has 0 bridgehead atoms. The van der Waals surface area contributed by atoms with E-state index in [0.29, 0.717) is 18.2 Å². The summed E-state index contributed by atoms with van der Waals surface area (Å²) in [7, 11) is 0. The largest absolute Gasteiger partial charge is 0.455 e. The van der Waals surface area contributed by atoms with Crippen molar-refractivity contribution in [2.45, 2.75) is 12.5 Å². The number of rotatable bonds is 2. The van der Waals surface area contributed by atoms with E-state index in [9.17, 15) is 4.79 Å². The summed E-state index contributed by atoms with van der Waals surface area (Å²) in [6.45, 7) is 1.10. The van der Waals surface area contributed by atoms with Crippen LogP contribution in [0.25, 0.3) is 0 Å². The molecule has 0 aliphatic carbocycles. The van der Waals surface area contributed by atoms with Gasteiger partial charge in [-0.15, -0.1) is 0 Å². The molecule has 4 nitrogen and oxygen atoms in total. The molecule has 5 heteroatoms. The summed E-state index contributed by atoms with van der Waals surface area (Å²) in [5.41, 5.74) is 0.231. The van der Waals surface area contributed by atoms with Crippen molar-refractivity contribution in [3.8, 4) is 0 Å². The molecule has 0 aromatic carbocycles. The molecule has 1 atom stereocenters. The molecule has 1 aromatic rings. The predicted molar refractivity (Wildman–Crippen MR) is 53.9 cm³/mol. The first-order chi connectivity index (χ1) is 7.25. The van der Waals surface area contributed by atoms with Crippen LogP contribution in [-0.4, -0.2) is 30.3 Å². The Hall–Kier alpha value is -1.13. The highest BCUT2D eigenvalue weighted by Crippen LogP contribution is 2.13. The molecule has 80 valence electrons. The first kappa shape index (κ1) is 10.4. The van der Waals surface area contributed by atoms with Gasteiger partial charge in [0.2, 0.25) is 0 Å². The Bertz CT molecular complexity index is 363. The topological polar surface area (TPSA) is 48.4 Å². The van der Waals surface area contributed by atoms with Crippen molar-refractivity contribution in [3.05, 3.63) is 29.0 Å². The van der Waals surface area contributed by atoms with Crippen molar-refractivity contribution in [1.29, 1.82) is 0 Å². The van der Waals surface area contributed by atoms with Crippen LogP contribution in [0, 0.1) is 0 Å². The zero-order valence-corrected chi connectivity index (χ0v) is 8.74. The summed E-state index contributed by atoms with van der Waals surface area (Å²) in [4.78, 5) is 15.4. The normalized spacial score (nSPS) is 20.2. The fourth-order valence-electron chi connectivity index (χ4n) is 1.33. The maximum Gasteiger partial charge on any atom is 0.357 e. The Morgan fingerprint density at radius 1 is 1.67 bits per heavy atom. The van der Waals surface area contributed by atoms with E-state index in [1.807, 2.05) is 0 Å². The van der Waals surface area contributed by atoms with Gasteiger partial charge in [-0.25, -0.2) is 9.78 Å². The van der Waals surface area contributed by atoms with Gasteiger partial charge in [0.25, 0.3) is 0 Å². The van der Waals surface area contributed by atoms with E-state index in [-0.39, 0.29) is 11.8 Å². The minimum Gasteiger partial charge on any atom is -0.455 e. The molecule has 2 heterocycles. The van der Waals surface area contributed by atoms with Crippen LogP contribution in [0.2, 0.25) is 5.02 Å². The van der Waals surface area contributed by atoms with E-state index in [2.05, 4.69) is 4.98 Å². The van der Waals surface area contributed by atoms with Gasteiger partial charge in [0.15, 0.2) is 0 Å². The zero-order chi connectivity index (χ0) is 10.7. The molecule has 1 aromatic heterocycles. The molecule has 15 heavy (non-hydrogen) atoms. The van der Waals surface area contributed by atoms with Crippen molar-refractivity contribution >= 4 is 17.6 Å². The summed E-state index contributed by atoms with van der Waals surface area (Å²) in [6.07, 6.45) is 2.06. The van der Waals surface area contributed by atoms with E-state index in [1.165, 1.54) is 12.3 Å². The monoisotopic (exact) mass is 227 g/mol. The molecule has 1 fully saturated rings. The van der Waals surface area contributed by atoms with Gasteiger partial charge in [-0.05, 0) is 12.1 Å². The average molecular weight is 228 g/mol. The van der Waals surface area contributed by atoms with Crippen molar-refractivity contribution in [2.75, 3.05) is 13.2 Å². The van der Waals surface area contributed by atoms with Gasteiger partial charge in [0, 0.05) is 17.6 Å².